The second-order valence-electron chi connectivity index (χ2n) is 6.15. The van der Waals surface area contributed by atoms with Gasteiger partial charge in [0.1, 0.15) is 17.8 Å². The molecule has 8 heteroatoms. The first kappa shape index (κ1) is 16.9. The Balaban J connectivity index is 1.65. The van der Waals surface area contributed by atoms with Crippen molar-refractivity contribution in [2.45, 2.75) is 25.8 Å². The van der Waals surface area contributed by atoms with E-state index < -0.39 is 0 Å². The standard InChI is InChI=1S/C17H22N6O2/c1-12-9-14(21-15(10-12)23-8-5-19-11-23)16(24)20-13-3-6-22(7-4-13)17(25)18-2/h5,8-11,13H,3-4,6-7H2,1-2H3,(H,18,25)(H,20,24). The molecule has 0 saturated carbocycles. The third kappa shape index (κ3) is 3.96. The fourth-order valence-corrected chi connectivity index (χ4v) is 2.94. The molecule has 1 aliphatic heterocycles. The van der Waals surface area contributed by atoms with Crippen LogP contribution in [-0.2, 0) is 0 Å². The minimum atomic E-state index is -0.191. The first-order chi connectivity index (χ1) is 12.1. The number of aromatic nitrogens is 3. The molecule has 2 aromatic rings. The lowest BCUT2D eigenvalue weighted by molar-refractivity contribution is 0.0913. The van der Waals surface area contributed by atoms with Gasteiger partial charge in [0.2, 0.25) is 0 Å². The number of nitrogens with zero attached hydrogens (tertiary/aromatic N) is 4. The van der Waals surface area contributed by atoms with E-state index in [2.05, 4.69) is 20.6 Å². The molecule has 0 unspecified atom stereocenters. The molecule has 0 atom stereocenters. The lowest BCUT2D eigenvalue weighted by Crippen LogP contribution is -2.48. The molecule has 0 spiro atoms. The number of nitrogens with one attached hydrogen (secondary N) is 2. The summed E-state index contributed by atoms with van der Waals surface area (Å²) in [6.07, 6.45) is 6.58. The predicted octanol–water partition coefficient (Wildman–Crippen LogP) is 1.11. The molecule has 0 aromatic carbocycles. The molecule has 3 heterocycles. The van der Waals surface area contributed by atoms with Crippen LogP contribution in [0.1, 0.15) is 28.9 Å². The first-order valence-electron chi connectivity index (χ1n) is 8.31. The van der Waals surface area contributed by atoms with E-state index in [1.54, 1.807) is 41.3 Å². The number of piperidine rings is 1. The highest BCUT2D eigenvalue weighted by molar-refractivity contribution is 5.92. The van der Waals surface area contributed by atoms with Crippen molar-refractivity contribution in [2.75, 3.05) is 20.1 Å². The van der Waals surface area contributed by atoms with Gasteiger partial charge in [0.25, 0.3) is 5.91 Å². The largest absolute Gasteiger partial charge is 0.348 e. The van der Waals surface area contributed by atoms with Gasteiger partial charge in [0.05, 0.1) is 0 Å². The van der Waals surface area contributed by atoms with Crippen molar-refractivity contribution in [3.8, 4) is 5.82 Å². The Labute approximate surface area is 146 Å². The molecule has 3 rings (SSSR count). The zero-order chi connectivity index (χ0) is 17.8. The van der Waals surface area contributed by atoms with Crippen LogP contribution >= 0.6 is 0 Å². The summed E-state index contributed by atoms with van der Waals surface area (Å²) in [5.41, 5.74) is 1.34. The molecule has 1 saturated heterocycles. The SMILES string of the molecule is CNC(=O)N1CCC(NC(=O)c2cc(C)cc(-n3ccnc3)n2)CC1. The van der Waals surface area contributed by atoms with Crippen LogP contribution in [0.3, 0.4) is 0 Å². The Bertz CT molecular complexity index is 751. The number of likely N-dealkylation sites (tertiary alicyclic amines) is 1. The van der Waals surface area contributed by atoms with Crippen LogP contribution in [0.2, 0.25) is 0 Å². The highest BCUT2D eigenvalue weighted by Crippen LogP contribution is 2.13. The average Bonchev–Trinajstić information content (AvgIpc) is 3.16. The van der Waals surface area contributed by atoms with Crippen molar-refractivity contribution in [3.63, 3.8) is 0 Å². The van der Waals surface area contributed by atoms with Crippen molar-refractivity contribution in [3.05, 3.63) is 42.1 Å². The van der Waals surface area contributed by atoms with Crippen molar-refractivity contribution < 1.29 is 9.59 Å². The molecule has 0 aliphatic carbocycles. The van der Waals surface area contributed by atoms with Crippen molar-refractivity contribution in [2.24, 2.45) is 0 Å². The van der Waals surface area contributed by atoms with Gasteiger partial charge >= 0.3 is 6.03 Å². The Kier molecular flexibility index (Phi) is 4.97. The molecular weight excluding hydrogens is 320 g/mol. The molecule has 132 valence electrons. The average molecular weight is 342 g/mol. The third-order valence-corrected chi connectivity index (χ3v) is 4.29. The summed E-state index contributed by atoms with van der Waals surface area (Å²) >= 11 is 0. The van der Waals surface area contributed by atoms with Gasteiger partial charge in [-0.3, -0.25) is 9.36 Å². The van der Waals surface area contributed by atoms with E-state index in [0.29, 0.717) is 24.6 Å². The number of aryl methyl sites for hydroxylation is 1. The Morgan fingerprint density at radius 1 is 1.24 bits per heavy atom. The highest BCUT2D eigenvalue weighted by Gasteiger charge is 2.24. The van der Waals surface area contributed by atoms with Crippen LogP contribution in [0.25, 0.3) is 5.82 Å². The maximum atomic E-state index is 12.6. The molecule has 1 aliphatic rings. The quantitative estimate of drug-likeness (QED) is 0.874. The van der Waals surface area contributed by atoms with Crippen molar-refractivity contribution in [1.82, 2.24) is 30.1 Å². The van der Waals surface area contributed by atoms with E-state index in [-0.39, 0.29) is 18.0 Å². The van der Waals surface area contributed by atoms with Gasteiger partial charge in [-0.25, -0.2) is 14.8 Å². The minimum Gasteiger partial charge on any atom is -0.348 e. The highest BCUT2D eigenvalue weighted by atomic mass is 16.2. The monoisotopic (exact) mass is 342 g/mol. The van der Waals surface area contributed by atoms with E-state index in [1.165, 1.54) is 0 Å². The summed E-state index contributed by atoms with van der Waals surface area (Å²) in [4.78, 5) is 34.4. The summed E-state index contributed by atoms with van der Waals surface area (Å²) in [6.45, 7) is 3.19. The number of carbonyl (C=O) groups excluding carboxylic acids is 2. The lowest BCUT2D eigenvalue weighted by atomic mass is 10.0. The van der Waals surface area contributed by atoms with Crippen LogP contribution in [0.5, 0.6) is 0 Å². The van der Waals surface area contributed by atoms with Crippen molar-refractivity contribution >= 4 is 11.9 Å². The second-order valence-corrected chi connectivity index (χ2v) is 6.15. The van der Waals surface area contributed by atoms with E-state index in [1.807, 2.05) is 13.0 Å². The number of urea groups is 1. The normalized spacial score (nSPS) is 15.0. The molecule has 2 aromatic heterocycles. The zero-order valence-corrected chi connectivity index (χ0v) is 14.4. The zero-order valence-electron chi connectivity index (χ0n) is 14.4. The van der Waals surface area contributed by atoms with Crippen LogP contribution in [-0.4, -0.2) is 57.6 Å². The summed E-state index contributed by atoms with van der Waals surface area (Å²) in [7, 11) is 1.62. The third-order valence-electron chi connectivity index (χ3n) is 4.29. The summed E-state index contributed by atoms with van der Waals surface area (Å²) in [5, 5.41) is 5.65. The Hall–Kier alpha value is -2.90. The number of rotatable bonds is 3. The molecule has 0 bridgehead atoms. The fourth-order valence-electron chi connectivity index (χ4n) is 2.94. The van der Waals surface area contributed by atoms with E-state index >= 15 is 0 Å². The van der Waals surface area contributed by atoms with Crippen LogP contribution < -0.4 is 10.6 Å². The van der Waals surface area contributed by atoms with Gasteiger partial charge < -0.3 is 15.5 Å². The minimum absolute atomic E-state index is 0.0485. The van der Waals surface area contributed by atoms with Gasteiger partial charge in [-0.15, -0.1) is 0 Å². The summed E-state index contributed by atoms with van der Waals surface area (Å²) < 4.78 is 1.77. The molecule has 0 radical (unpaired) electrons. The van der Waals surface area contributed by atoms with E-state index in [0.717, 1.165) is 18.4 Å². The maximum absolute atomic E-state index is 12.6. The smallest absolute Gasteiger partial charge is 0.317 e. The molecule has 25 heavy (non-hydrogen) atoms. The first-order valence-corrected chi connectivity index (χ1v) is 8.31. The molecule has 1 fully saturated rings. The number of amides is 3. The fraction of sp³-hybridized carbons (Fsp3) is 0.412. The Morgan fingerprint density at radius 3 is 2.64 bits per heavy atom. The van der Waals surface area contributed by atoms with Crippen molar-refractivity contribution in [1.29, 1.82) is 0 Å². The maximum Gasteiger partial charge on any atom is 0.317 e. The number of pyridine rings is 1. The van der Waals surface area contributed by atoms with Gasteiger partial charge in [-0.1, -0.05) is 0 Å². The number of hydrogen-bond donors (Lipinski definition) is 2. The van der Waals surface area contributed by atoms with Gasteiger partial charge in [-0.05, 0) is 37.5 Å². The topological polar surface area (TPSA) is 92.2 Å². The molecule has 3 amide bonds. The van der Waals surface area contributed by atoms with Crippen LogP contribution in [0.4, 0.5) is 4.79 Å². The number of hydrogen-bond acceptors (Lipinski definition) is 4. The predicted molar refractivity (Wildman–Crippen MR) is 92.6 cm³/mol. The van der Waals surface area contributed by atoms with Gasteiger partial charge in [-0.2, -0.15) is 0 Å². The molecule has 2 N–H and O–H groups in total. The van der Waals surface area contributed by atoms with Gasteiger partial charge in [0, 0.05) is 38.6 Å². The summed E-state index contributed by atoms with van der Waals surface area (Å²) in [6, 6.07) is 3.65. The van der Waals surface area contributed by atoms with Crippen LogP contribution in [0.15, 0.2) is 30.9 Å². The van der Waals surface area contributed by atoms with Gasteiger partial charge in [0.15, 0.2) is 0 Å². The second kappa shape index (κ2) is 7.33. The number of imidazole rings is 1. The van der Waals surface area contributed by atoms with E-state index in [9.17, 15) is 9.59 Å². The summed E-state index contributed by atoms with van der Waals surface area (Å²) in [5.74, 6) is 0.473. The van der Waals surface area contributed by atoms with Crippen LogP contribution in [0, 0.1) is 6.92 Å². The molecule has 8 nitrogen and oxygen atoms in total. The Morgan fingerprint density at radius 2 is 2.00 bits per heavy atom. The van der Waals surface area contributed by atoms with E-state index in [4.69, 9.17) is 0 Å². The number of carbonyl (C=O) groups is 2. The lowest BCUT2D eigenvalue weighted by Gasteiger charge is -2.32. The molecular formula is C17H22N6O2.